The Morgan fingerprint density at radius 3 is 2.35 bits per heavy atom. The Bertz CT molecular complexity index is 2010. The van der Waals surface area contributed by atoms with E-state index in [9.17, 15) is 14.4 Å². The number of nitrogens with two attached hydrogens (primary N) is 2. The number of benzene rings is 3. The molecule has 0 spiro atoms. The number of carbonyl (C=O) groups is 3. The van der Waals surface area contributed by atoms with Crippen molar-refractivity contribution >= 4 is 46.7 Å². The average Bonchev–Trinajstić information content (AvgIpc) is 3.62. The second-order valence-electron chi connectivity index (χ2n) is 14.0. The summed E-state index contributed by atoms with van der Waals surface area (Å²) in [5.41, 5.74) is 18.5. The predicted molar refractivity (Wildman–Crippen MR) is 220 cm³/mol. The van der Waals surface area contributed by atoms with Gasteiger partial charge in [-0.25, -0.2) is 4.98 Å². The van der Waals surface area contributed by atoms with Crippen molar-refractivity contribution in [3.63, 3.8) is 0 Å². The molecule has 12 heteroatoms. The fourth-order valence-corrected chi connectivity index (χ4v) is 8.66. The number of halogens is 1. The number of unbranched alkanes of at least 4 members (excludes halogenated alkanes) is 1. The third kappa shape index (κ3) is 9.84. The van der Waals surface area contributed by atoms with Crippen LogP contribution in [0.4, 0.5) is 0 Å². The highest BCUT2D eigenvalue weighted by Crippen LogP contribution is 2.42. The van der Waals surface area contributed by atoms with Crippen LogP contribution in [0.5, 0.6) is 0 Å². The smallest absolute Gasteiger partial charge is 0.245 e. The van der Waals surface area contributed by atoms with Gasteiger partial charge >= 0.3 is 0 Å². The van der Waals surface area contributed by atoms with E-state index < -0.39 is 18.1 Å². The van der Waals surface area contributed by atoms with Gasteiger partial charge in [0.1, 0.15) is 17.1 Å². The number of likely N-dealkylation sites (N-methyl/N-ethyl adjacent to an activating group) is 1. The van der Waals surface area contributed by atoms with Gasteiger partial charge in [0, 0.05) is 43.2 Å². The molecule has 288 valence electrons. The van der Waals surface area contributed by atoms with Gasteiger partial charge < -0.3 is 32.3 Å². The van der Waals surface area contributed by atoms with Crippen molar-refractivity contribution in [2.45, 2.75) is 86.1 Å². The summed E-state index contributed by atoms with van der Waals surface area (Å²) in [6.45, 7) is 1.39. The van der Waals surface area contributed by atoms with Crippen molar-refractivity contribution in [1.29, 1.82) is 0 Å². The summed E-state index contributed by atoms with van der Waals surface area (Å²) in [7, 11) is 1.66. The lowest BCUT2D eigenvalue weighted by Crippen LogP contribution is -2.56. The number of nitrogens with one attached hydrogen (secondary N) is 3. The van der Waals surface area contributed by atoms with E-state index >= 15 is 0 Å². The Morgan fingerprint density at radius 2 is 1.55 bits per heavy atom. The van der Waals surface area contributed by atoms with Gasteiger partial charge in [-0.1, -0.05) is 102 Å². The van der Waals surface area contributed by atoms with Crippen LogP contribution in [0.25, 0.3) is 16.7 Å². The van der Waals surface area contributed by atoms with E-state index in [1.54, 1.807) is 13.2 Å². The van der Waals surface area contributed by atoms with E-state index in [1.165, 1.54) is 22.2 Å². The van der Waals surface area contributed by atoms with Gasteiger partial charge in [-0.2, -0.15) is 0 Å². The van der Waals surface area contributed by atoms with Crippen molar-refractivity contribution in [3.05, 3.63) is 118 Å². The minimum Gasteiger partial charge on any atom is -0.350 e. The van der Waals surface area contributed by atoms with Gasteiger partial charge in [-0.3, -0.25) is 14.4 Å². The zero-order valence-electron chi connectivity index (χ0n) is 31.2. The Hall–Kier alpha value is -4.52. The van der Waals surface area contributed by atoms with Gasteiger partial charge in [-0.15, -0.1) is 0 Å². The number of rotatable bonds is 10. The number of nitrogens with zero attached hydrogens (tertiary/aromatic N) is 2. The molecule has 55 heavy (non-hydrogen) atoms. The Labute approximate surface area is 332 Å². The molecule has 0 unspecified atom stereocenters. The van der Waals surface area contributed by atoms with Crippen LogP contribution in [0.3, 0.4) is 0 Å². The lowest BCUT2D eigenvalue weighted by Gasteiger charge is -2.32. The molecule has 2 aliphatic rings. The van der Waals surface area contributed by atoms with Gasteiger partial charge in [0.15, 0.2) is 0 Å². The molecule has 3 aromatic carbocycles. The van der Waals surface area contributed by atoms with E-state index in [0.717, 1.165) is 49.7 Å². The van der Waals surface area contributed by atoms with Gasteiger partial charge in [0.25, 0.3) is 0 Å². The molecule has 3 atom stereocenters. The number of hydrogen-bond acceptors (Lipinski definition) is 8. The molecule has 2 heterocycles. The van der Waals surface area contributed by atoms with Crippen molar-refractivity contribution in [3.8, 4) is 11.1 Å². The molecule has 6 rings (SSSR count). The first-order valence-corrected chi connectivity index (χ1v) is 20.2. The second kappa shape index (κ2) is 19.4. The van der Waals surface area contributed by atoms with E-state index in [1.807, 2.05) is 66.7 Å². The van der Waals surface area contributed by atoms with Crippen molar-refractivity contribution in [1.82, 2.24) is 25.8 Å². The number of aromatic nitrogens is 1. The van der Waals surface area contributed by atoms with E-state index in [0.29, 0.717) is 63.2 Å². The third-order valence-electron chi connectivity index (χ3n) is 10.3. The highest BCUT2D eigenvalue weighted by Gasteiger charge is 2.35. The van der Waals surface area contributed by atoms with E-state index in [-0.39, 0.29) is 24.3 Å². The lowest BCUT2D eigenvalue weighted by molar-refractivity contribution is -0.142. The summed E-state index contributed by atoms with van der Waals surface area (Å²) < 4.78 is 0. The minimum absolute atomic E-state index is 0.169. The maximum atomic E-state index is 14.5. The molecule has 7 N–H and O–H groups in total. The molecule has 1 aromatic heterocycles. The molecule has 0 bridgehead atoms. The van der Waals surface area contributed by atoms with Crippen LogP contribution < -0.4 is 27.4 Å². The first-order chi connectivity index (χ1) is 26.8. The number of pyridine rings is 1. The normalized spacial score (nSPS) is 19.4. The van der Waals surface area contributed by atoms with Gasteiger partial charge in [0.2, 0.25) is 17.7 Å². The molecule has 4 aromatic rings. The van der Waals surface area contributed by atoms with E-state index in [2.05, 4.69) is 34.2 Å². The summed E-state index contributed by atoms with van der Waals surface area (Å²) in [5.74, 6) is -0.942. The number of amides is 3. The van der Waals surface area contributed by atoms with E-state index in [4.69, 9.17) is 28.1 Å². The molecule has 0 saturated heterocycles. The summed E-state index contributed by atoms with van der Waals surface area (Å²) in [5, 5.41) is 10.9. The molecule has 0 fully saturated rings. The zero-order chi connectivity index (χ0) is 38.7. The number of allylic oxidation sites excluding steroid dienone is 1. The highest BCUT2D eigenvalue weighted by molar-refractivity contribution is 7.99. The van der Waals surface area contributed by atoms with Crippen LogP contribution >= 0.6 is 23.4 Å². The maximum Gasteiger partial charge on any atom is 0.245 e. The molecule has 0 saturated carbocycles. The number of carbonyl (C=O) groups excluding carboxylic acids is 3. The Balaban J connectivity index is 1.42. The second-order valence-corrected chi connectivity index (χ2v) is 15.4. The molecule has 0 radical (unpaired) electrons. The largest absolute Gasteiger partial charge is 0.350 e. The number of fused-ring (bicyclic) bond motifs is 3. The fourth-order valence-electron chi connectivity index (χ4n) is 7.20. The lowest BCUT2D eigenvalue weighted by atomic mass is 9.97. The highest BCUT2D eigenvalue weighted by atomic mass is 35.5. The molecule has 3 amide bonds. The number of hydrogen-bond donors (Lipinski definition) is 5. The summed E-state index contributed by atoms with van der Waals surface area (Å²) in [4.78, 5) is 50.1. The first-order valence-electron chi connectivity index (χ1n) is 19.0. The standard InChI is InChI=1S/C43H50ClN7O3S/c1-51-37(25-30-19-18-29-13-5-6-15-33(29)30)41(53)49-26-31-20-21-34(28-11-3-2-4-12-28)38(44)39(31)55-42-32(14-10-24-47-42)27-48-35(17-9-23-46)40(52)50-36(43(51)54)16-7-8-22-45/h2-6,10-15,19-21,24,35-37,48H,7-9,16-18,22-23,25-27,45-46H2,1H3,(H,49,53)(H,50,52)/t35-,36+,37+/m1/s1. The predicted octanol–water partition coefficient (Wildman–Crippen LogP) is 5.85. The third-order valence-corrected chi connectivity index (χ3v) is 12.1. The van der Waals surface area contributed by atoms with Crippen molar-refractivity contribution < 1.29 is 14.4 Å². The van der Waals surface area contributed by atoms with Crippen molar-refractivity contribution in [2.75, 3.05) is 20.1 Å². The minimum atomic E-state index is -0.863. The Kier molecular flexibility index (Phi) is 14.1. The first kappa shape index (κ1) is 40.2. The molecule has 1 aliphatic heterocycles. The summed E-state index contributed by atoms with van der Waals surface area (Å²) in [6, 6.07) is 23.5. The quantitative estimate of drug-likeness (QED) is 0.126. The fraction of sp³-hybridized carbons (Fsp3) is 0.349. The molecule has 10 nitrogen and oxygen atoms in total. The van der Waals surface area contributed by atoms with Crippen molar-refractivity contribution in [2.24, 2.45) is 11.5 Å². The van der Waals surface area contributed by atoms with Crippen LogP contribution in [0.1, 0.15) is 60.8 Å². The van der Waals surface area contributed by atoms with Crippen LogP contribution in [0.15, 0.2) is 101 Å². The SMILES string of the molecule is CN1C(=O)[C@H](CCCCN)NC(=O)[C@@H](CCCN)NCc2cccnc2Sc2c(ccc(-c3ccccc3)c2Cl)CNC(=O)[C@@H]1CC1=CCc2ccccc21. The zero-order valence-corrected chi connectivity index (χ0v) is 32.8. The average molecular weight is 780 g/mol. The summed E-state index contributed by atoms with van der Waals surface area (Å²) >= 11 is 8.70. The van der Waals surface area contributed by atoms with Crippen LogP contribution in [0.2, 0.25) is 5.02 Å². The molecular formula is C43H50ClN7O3S. The summed E-state index contributed by atoms with van der Waals surface area (Å²) in [6.07, 6.45) is 7.72. The molecular weight excluding hydrogens is 730 g/mol. The monoisotopic (exact) mass is 779 g/mol. The Morgan fingerprint density at radius 1 is 0.800 bits per heavy atom. The van der Waals surface area contributed by atoms with Gasteiger partial charge in [-0.05, 0) is 91.1 Å². The topological polar surface area (TPSA) is 155 Å². The molecule has 1 aliphatic carbocycles. The van der Waals surface area contributed by atoms with Gasteiger partial charge in [0.05, 0.1) is 11.1 Å². The maximum absolute atomic E-state index is 14.5. The van der Waals surface area contributed by atoms with Crippen LogP contribution in [0, 0.1) is 0 Å². The van der Waals surface area contributed by atoms with Crippen LogP contribution in [-0.2, 0) is 33.9 Å². The van der Waals surface area contributed by atoms with Crippen LogP contribution in [-0.4, -0.2) is 65.9 Å².